The second-order valence-corrected chi connectivity index (χ2v) is 6.16. The first-order valence-corrected chi connectivity index (χ1v) is 7.35. The van der Waals surface area contributed by atoms with E-state index >= 15 is 0 Å². The van der Waals surface area contributed by atoms with Gasteiger partial charge in [-0.15, -0.1) is 0 Å². The molecule has 4 heteroatoms. The summed E-state index contributed by atoms with van der Waals surface area (Å²) < 4.78 is 0. The maximum absolute atomic E-state index is 11.6. The molecule has 0 spiro atoms. The van der Waals surface area contributed by atoms with Crippen LogP contribution in [0.5, 0.6) is 0 Å². The molecule has 1 fully saturated rings. The van der Waals surface area contributed by atoms with E-state index in [0.717, 1.165) is 19.0 Å². The number of rotatable bonds is 3. The molecule has 1 aliphatic heterocycles. The van der Waals surface area contributed by atoms with Crippen molar-refractivity contribution in [3.05, 3.63) is 35.4 Å². The van der Waals surface area contributed by atoms with Gasteiger partial charge < -0.3 is 0 Å². The molecule has 1 aromatic rings. The van der Waals surface area contributed by atoms with E-state index in [1.165, 1.54) is 12.0 Å². The van der Waals surface area contributed by atoms with Crippen molar-refractivity contribution in [3.8, 4) is 0 Å². The van der Waals surface area contributed by atoms with Crippen LogP contribution in [0.3, 0.4) is 0 Å². The van der Waals surface area contributed by atoms with Gasteiger partial charge in [0.2, 0.25) is 0 Å². The number of hydrogen-bond donors (Lipinski definition) is 2. The predicted molar refractivity (Wildman–Crippen MR) is 80.9 cm³/mol. The highest BCUT2D eigenvalue weighted by molar-refractivity contribution is 5.93. The van der Waals surface area contributed by atoms with Gasteiger partial charge in [0.15, 0.2) is 0 Å². The summed E-state index contributed by atoms with van der Waals surface area (Å²) in [6.07, 6.45) is 1.30. The highest BCUT2D eigenvalue weighted by atomic mass is 16.2. The molecular weight excluding hydrogens is 250 g/mol. The van der Waals surface area contributed by atoms with Crippen LogP contribution >= 0.6 is 0 Å². The van der Waals surface area contributed by atoms with E-state index < -0.39 is 0 Å². The summed E-state index contributed by atoms with van der Waals surface area (Å²) in [7, 11) is 0. The average molecular weight is 275 g/mol. The molecule has 4 nitrogen and oxygen atoms in total. The van der Waals surface area contributed by atoms with E-state index in [0.29, 0.717) is 17.5 Å². The Bertz CT molecular complexity index is 475. The zero-order valence-electron chi connectivity index (χ0n) is 12.6. The zero-order chi connectivity index (χ0) is 14.7. The van der Waals surface area contributed by atoms with Gasteiger partial charge in [-0.3, -0.25) is 15.1 Å². The Morgan fingerprint density at radius 2 is 2.15 bits per heavy atom. The fourth-order valence-corrected chi connectivity index (χ4v) is 3.17. The summed E-state index contributed by atoms with van der Waals surface area (Å²) in [5.41, 5.74) is 3.97. The molecule has 20 heavy (non-hydrogen) atoms. The van der Waals surface area contributed by atoms with Crippen molar-refractivity contribution in [2.24, 2.45) is 17.7 Å². The van der Waals surface area contributed by atoms with Crippen LogP contribution in [0, 0.1) is 11.8 Å². The van der Waals surface area contributed by atoms with Gasteiger partial charge in [-0.1, -0.05) is 26.0 Å². The molecule has 1 heterocycles. The Balaban J connectivity index is 2.11. The number of likely N-dealkylation sites (tertiary alicyclic amines) is 1. The van der Waals surface area contributed by atoms with E-state index in [1.807, 2.05) is 12.1 Å². The molecule has 3 atom stereocenters. The van der Waals surface area contributed by atoms with Gasteiger partial charge in [-0.25, -0.2) is 5.84 Å². The summed E-state index contributed by atoms with van der Waals surface area (Å²) >= 11 is 0. The minimum absolute atomic E-state index is 0.236. The van der Waals surface area contributed by atoms with Crippen molar-refractivity contribution in [2.45, 2.75) is 39.8 Å². The minimum Gasteiger partial charge on any atom is -0.296 e. The molecule has 1 aliphatic rings. The van der Waals surface area contributed by atoms with Crippen molar-refractivity contribution in [2.75, 3.05) is 6.54 Å². The van der Waals surface area contributed by atoms with Crippen LogP contribution in [0.2, 0.25) is 0 Å². The topological polar surface area (TPSA) is 58.4 Å². The number of nitrogens with one attached hydrogen (secondary N) is 1. The van der Waals surface area contributed by atoms with E-state index in [9.17, 15) is 4.79 Å². The number of nitrogen functional groups attached to an aromatic ring is 1. The third-order valence-electron chi connectivity index (χ3n) is 4.43. The molecule has 1 amide bonds. The lowest BCUT2D eigenvalue weighted by Crippen LogP contribution is -2.45. The molecule has 0 radical (unpaired) electrons. The second-order valence-electron chi connectivity index (χ2n) is 6.16. The lowest BCUT2D eigenvalue weighted by molar-refractivity contribution is 0.0729. The second kappa shape index (κ2) is 6.37. The number of hydrogen-bond acceptors (Lipinski definition) is 3. The number of nitrogens with zero attached hydrogens (tertiary/aromatic N) is 1. The first-order chi connectivity index (χ1) is 9.51. The fourth-order valence-electron chi connectivity index (χ4n) is 3.17. The molecule has 3 N–H and O–H groups in total. The molecule has 1 aromatic carbocycles. The van der Waals surface area contributed by atoms with Gasteiger partial charge in [-0.2, -0.15) is 0 Å². The maximum Gasteiger partial charge on any atom is 0.265 e. The van der Waals surface area contributed by atoms with Crippen LogP contribution in [-0.2, 0) is 6.54 Å². The van der Waals surface area contributed by atoms with Crippen molar-refractivity contribution in [3.63, 3.8) is 0 Å². The van der Waals surface area contributed by atoms with E-state index in [1.54, 1.807) is 6.07 Å². The molecule has 0 aliphatic carbocycles. The van der Waals surface area contributed by atoms with Gasteiger partial charge in [0.05, 0.1) is 0 Å². The molecule has 1 saturated heterocycles. The smallest absolute Gasteiger partial charge is 0.265 e. The first kappa shape index (κ1) is 15.0. The summed E-state index contributed by atoms with van der Waals surface area (Å²) in [4.78, 5) is 14.1. The number of nitrogens with two attached hydrogens (primary N) is 1. The van der Waals surface area contributed by atoms with Crippen LogP contribution in [0.4, 0.5) is 0 Å². The zero-order valence-corrected chi connectivity index (χ0v) is 12.6. The number of benzene rings is 1. The monoisotopic (exact) mass is 275 g/mol. The summed E-state index contributed by atoms with van der Waals surface area (Å²) in [5, 5.41) is 0. The number of carbonyl (C=O) groups is 1. The third-order valence-corrected chi connectivity index (χ3v) is 4.43. The van der Waals surface area contributed by atoms with Crippen LogP contribution in [0.1, 0.15) is 43.1 Å². The summed E-state index contributed by atoms with van der Waals surface area (Å²) in [6.45, 7) is 8.95. The SMILES string of the molecule is CC1CC(C)C(C)N(Cc2cccc(C(=O)NN)c2)C1. The normalized spacial score (nSPS) is 27.3. The maximum atomic E-state index is 11.6. The molecule has 0 bridgehead atoms. The molecule has 0 saturated carbocycles. The van der Waals surface area contributed by atoms with Crippen LogP contribution in [0.15, 0.2) is 24.3 Å². The van der Waals surface area contributed by atoms with Crippen molar-refractivity contribution < 1.29 is 4.79 Å². The Morgan fingerprint density at radius 3 is 2.85 bits per heavy atom. The quantitative estimate of drug-likeness (QED) is 0.505. The largest absolute Gasteiger partial charge is 0.296 e. The van der Waals surface area contributed by atoms with Crippen LogP contribution < -0.4 is 11.3 Å². The Hall–Kier alpha value is -1.39. The predicted octanol–water partition coefficient (Wildman–Crippen LogP) is 2.16. The highest BCUT2D eigenvalue weighted by Crippen LogP contribution is 2.28. The Labute approximate surface area is 121 Å². The van der Waals surface area contributed by atoms with Crippen molar-refractivity contribution >= 4 is 5.91 Å². The average Bonchev–Trinajstić information content (AvgIpc) is 2.43. The van der Waals surface area contributed by atoms with Gasteiger partial charge in [0.25, 0.3) is 5.91 Å². The molecule has 2 rings (SSSR count). The van der Waals surface area contributed by atoms with Gasteiger partial charge >= 0.3 is 0 Å². The van der Waals surface area contributed by atoms with E-state index in [-0.39, 0.29) is 5.91 Å². The standard InChI is InChI=1S/C16H25N3O/c1-11-7-12(2)13(3)19(9-11)10-14-5-4-6-15(8-14)16(20)18-17/h4-6,8,11-13H,7,9-10,17H2,1-3H3,(H,18,20). The van der Waals surface area contributed by atoms with E-state index in [4.69, 9.17) is 5.84 Å². The van der Waals surface area contributed by atoms with Gasteiger partial charge in [0, 0.05) is 24.7 Å². The third kappa shape index (κ3) is 3.38. The van der Waals surface area contributed by atoms with E-state index in [2.05, 4.69) is 37.2 Å². The summed E-state index contributed by atoms with van der Waals surface area (Å²) in [5.74, 6) is 6.40. The number of carbonyl (C=O) groups excluding carboxylic acids is 1. The van der Waals surface area contributed by atoms with Gasteiger partial charge in [-0.05, 0) is 42.9 Å². The number of hydrazine groups is 1. The van der Waals surface area contributed by atoms with Crippen molar-refractivity contribution in [1.29, 1.82) is 0 Å². The molecule has 3 unspecified atom stereocenters. The Kier molecular flexibility index (Phi) is 4.78. The summed E-state index contributed by atoms with van der Waals surface area (Å²) in [6, 6.07) is 8.29. The number of piperidine rings is 1. The lowest BCUT2D eigenvalue weighted by atomic mass is 9.86. The number of amides is 1. The molecular formula is C16H25N3O. The molecule has 0 aromatic heterocycles. The van der Waals surface area contributed by atoms with Crippen LogP contribution in [-0.4, -0.2) is 23.4 Å². The lowest BCUT2D eigenvalue weighted by Gasteiger charge is -2.41. The van der Waals surface area contributed by atoms with Gasteiger partial charge in [0.1, 0.15) is 0 Å². The van der Waals surface area contributed by atoms with Crippen LogP contribution in [0.25, 0.3) is 0 Å². The fraction of sp³-hybridized carbons (Fsp3) is 0.562. The van der Waals surface area contributed by atoms with Crippen molar-refractivity contribution in [1.82, 2.24) is 10.3 Å². The minimum atomic E-state index is -0.236. The highest BCUT2D eigenvalue weighted by Gasteiger charge is 2.28. The molecule has 110 valence electrons. The Morgan fingerprint density at radius 1 is 1.40 bits per heavy atom. The first-order valence-electron chi connectivity index (χ1n) is 7.35.